The second-order valence-electron chi connectivity index (χ2n) is 3.76. The normalized spacial score (nSPS) is 11.6. The van der Waals surface area contributed by atoms with Gasteiger partial charge < -0.3 is 0 Å². The van der Waals surface area contributed by atoms with E-state index in [-0.39, 0.29) is 9.92 Å². The van der Waals surface area contributed by atoms with Crippen molar-refractivity contribution in [1.82, 2.24) is 9.71 Å². The lowest BCUT2D eigenvalue weighted by atomic mass is 10.2. The molecule has 0 atom stereocenters. The molecule has 0 bridgehead atoms. The van der Waals surface area contributed by atoms with E-state index in [4.69, 9.17) is 11.6 Å². The number of pyridine rings is 1. The van der Waals surface area contributed by atoms with Gasteiger partial charge in [0.25, 0.3) is 0 Å². The molecule has 4 nitrogen and oxygen atoms in total. The first-order valence-corrected chi connectivity index (χ1v) is 7.53. The van der Waals surface area contributed by atoms with Crippen LogP contribution in [0, 0.1) is 0 Å². The summed E-state index contributed by atoms with van der Waals surface area (Å²) < 4.78 is 26.2. The summed E-state index contributed by atoms with van der Waals surface area (Å²) in [6.45, 7) is 2.55. The van der Waals surface area contributed by atoms with Crippen LogP contribution in [0.15, 0.2) is 23.4 Å². The molecule has 1 heterocycles. The van der Waals surface area contributed by atoms with Gasteiger partial charge in [-0.25, -0.2) is 13.1 Å². The van der Waals surface area contributed by atoms with Gasteiger partial charge in [-0.2, -0.15) is 0 Å². The first-order chi connectivity index (χ1) is 8.08. The van der Waals surface area contributed by atoms with E-state index in [0.29, 0.717) is 6.54 Å². The van der Waals surface area contributed by atoms with Crippen LogP contribution >= 0.6 is 11.6 Å². The van der Waals surface area contributed by atoms with Crippen LogP contribution in [-0.4, -0.2) is 19.9 Å². The van der Waals surface area contributed by atoms with Crippen molar-refractivity contribution in [2.24, 2.45) is 0 Å². The van der Waals surface area contributed by atoms with Crippen LogP contribution in [0.4, 0.5) is 0 Å². The highest BCUT2D eigenvalue weighted by Crippen LogP contribution is 2.18. The summed E-state index contributed by atoms with van der Waals surface area (Å²) in [5, 5.41) is 0.195. The van der Waals surface area contributed by atoms with Gasteiger partial charge in [0.1, 0.15) is 4.90 Å². The Labute approximate surface area is 107 Å². The monoisotopic (exact) mass is 276 g/mol. The molecule has 1 aromatic heterocycles. The third-order valence-electron chi connectivity index (χ3n) is 2.35. The molecular formula is C11H17ClN2O2S. The number of hydrogen-bond acceptors (Lipinski definition) is 3. The van der Waals surface area contributed by atoms with Crippen LogP contribution in [0.3, 0.4) is 0 Å². The molecule has 1 rings (SSSR count). The summed E-state index contributed by atoms with van der Waals surface area (Å²) >= 11 is 5.81. The molecule has 0 radical (unpaired) electrons. The maximum absolute atomic E-state index is 11.9. The van der Waals surface area contributed by atoms with Gasteiger partial charge in [-0.15, -0.1) is 0 Å². The van der Waals surface area contributed by atoms with E-state index in [1.54, 1.807) is 0 Å². The first kappa shape index (κ1) is 14.4. The van der Waals surface area contributed by atoms with Crippen molar-refractivity contribution in [2.45, 2.75) is 37.5 Å². The molecule has 96 valence electrons. The zero-order chi connectivity index (χ0) is 12.7. The second kappa shape index (κ2) is 6.93. The second-order valence-corrected chi connectivity index (χ2v) is 5.91. The molecule has 0 aromatic carbocycles. The van der Waals surface area contributed by atoms with E-state index in [0.717, 1.165) is 25.7 Å². The zero-order valence-electron chi connectivity index (χ0n) is 9.82. The smallest absolute Gasteiger partial charge is 0.243 e. The molecule has 1 aromatic rings. The van der Waals surface area contributed by atoms with E-state index in [9.17, 15) is 8.42 Å². The van der Waals surface area contributed by atoms with Gasteiger partial charge in [0.05, 0.1) is 5.02 Å². The van der Waals surface area contributed by atoms with Crippen LogP contribution in [0.1, 0.15) is 32.6 Å². The third kappa shape index (κ3) is 4.61. The average molecular weight is 277 g/mol. The number of halogens is 1. The Morgan fingerprint density at radius 3 is 2.76 bits per heavy atom. The fraction of sp³-hybridized carbons (Fsp3) is 0.545. The molecule has 0 amide bonds. The fourth-order valence-corrected chi connectivity index (χ4v) is 2.90. The van der Waals surface area contributed by atoms with Gasteiger partial charge in [0.2, 0.25) is 10.0 Å². The third-order valence-corrected chi connectivity index (χ3v) is 4.28. The summed E-state index contributed by atoms with van der Waals surface area (Å²) in [6.07, 6.45) is 6.83. The minimum Gasteiger partial charge on any atom is -0.263 e. The number of hydrogen-bond donors (Lipinski definition) is 1. The molecule has 0 unspecified atom stereocenters. The predicted octanol–water partition coefficient (Wildman–Crippen LogP) is 2.59. The molecule has 6 heteroatoms. The summed E-state index contributed by atoms with van der Waals surface area (Å²) in [4.78, 5) is 3.80. The van der Waals surface area contributed by atoms with Crippen molar-refractivity contribution in [3.05, 3.63) is 23.5 Å². The van der Waals surface area contributed by atoms with Crippen LogP contribution in [0.2, 0.25) is 5.02 Å². The molecule has 0 aliphatic rings. The van der Waals surface area contributed by atoms with Crippen LogP contribution in [-0.2, 0) is 10.0 Å². The highest BCUT2D eigenvalue weighted by molar-refractivity contribution is 7.89. The maximum Gasteiger partial charge on any atom is 0.243 e. The lowest BCUT2D eigenvalue weighted by Gasteiger charge is -2.07. The molecule has 0 aliphatic carbocycles. The van der Waals surface area contributed by atoms with Crippen molar-refractivity contribution in [1.29, 1.82) is 0 Å². The van der Waals surface area contributed by atoms with E-state index in [2.05, 4.69) is 16.6 Å². The molecule has 0 saturated heterocycles. The van der Waals surface area contributed by atoms with Gasteiger partial charge in [0, 0.05) is 18.9 Å². The van der Waals surface area contributed by atoms with Crippen LogP contribution < -0.4 is 4.72 Å². The van der Waals surface area contributed by atoms with Crippen molar-refractivity contribution in [3.63, 3.8) is 0 Å². The Kier molecular flexibility index (Phi) is 5.88. The number of nitrogens with one attached hydrogen (secondary N) is 1. The number of aromatic nitrogens is 1. The highest BCUT2D eigenvalue weighted by Gasteiger charge is 2.16. The van der Waals surface area contributed by atoms with Gasteiger partial charge in [-0.3, -0.25) is 4.98 Å². The minimum atomic E-state index is -3.52. The van der Waals surface area contributed by atoms with Crippen molar-refractivity contribution in [2.75, 3.05) is 6.54 Å². The lowest BCUT2D eigenvalue weighted by molar-refractivity contribution is 0.573. The van der Waals surface area contributed by atoms with Gasteiger partial charge in [-0.05, 0) is 12.5 Å². The molecule has 0 fully saturated rings. The van der Waals surface area contributed by atoms with Crippen LogP contribution in [0.25, 0.3) is 0 Å². The Bertz CT molecular complexity index is 449. The quantitative estimate of drug-likeness (QED) is 0.779. The van der Waals surface area contributed by atoms with Crippen molar-refractivity contribution >= 4 is 21.6 Å². The van der Waals surface area contributed by atoms with E-state index in [1.807, 2.05) is 0 Å². The van der Waals surface area contributed by atoms with Gasteiger partial charge in [0.15, 0.2) is 0 Å². The summed E-state index contributed by atoms with van der Waals surface area (Å²) in [7, 11) is -3.52. The molecule has 0 saturated carbocycles. The Morgan fingerprint density at radius 2 is 2.12 bits per heavy atom. The van der Waals surface area contributed by atoms with Gasteiger partial charge in [-0.1, -0.05) is 37.8 Å². The predicted molar refractivity (Wildman–Crippen MR) is 68.6 cm³/mol. The van der Waals surface area contributed by atoms with E-state index in [1.165, 1.54) is 18.5 Å². The average Bonchev–Trinajstić information content (AvgIpc) is 2.29. The topological polar surface area (TPSA) is 59.1 Å². The largest absolute Gasteiger partial charge is 0.263 e. The fourth-order valence-electron chi connectivity index (χ4n) is 1.40. The first-order valence-electron chi connectivity index (χ1n) is 5.67. The standard InChI is InChI=1S/C11H17ClN2O2S/c1-2-3-4-5-7-14-17(15,16)11-9-13-8-6-10(11)12/h6,8-9,14H,2-5,7H2,1H3. The Morgan fingerprint density at radius 1 is 1.35 bits per heavy atom. The summed E-state index contributed by atoms with van der Waals surface area (Å²) in [6, 6.07) is 1.47. The van der Waals surface area contributed by atoms with Crippen molar-refractivity contribution < 1.29 is 8.42 Å². The van der Waals surface area contributed by atoms with E-state index >= 15 is 0 Å². The molecule has 0 spiro atoms. The molecule has 17 heavy (non-hydrogen) atoms. The molecule has 0 aliphatic heterocycles. The van der Waals surface area contributed by atoms with E-state index < -0.39 is 10.0 Å². The number of unbranched alkanes of at least 4 members (excludes halogenated alkanes) is 3. The summed E-state index contributed by atoms with van der Waals surface area (Å²) in [5.74, 6) is 0. The Balaban J connectivity index is 2.55. The number of nitrogens with zero attached hydrogens (tertiary/aromatic N) is 1. The maximum atomic E-state index is 11.9. The van der Waals surface area contributed by atoms with Crippen molar-refractivity contribution in [3.8, 4) is 0 Å². The highest BCUT2D eigenvalue weighted by atomic mass is 35.5. The van der Waals surface area contributed by atoms with Gasteiger partial charge >= 0.3 is 0 Å². The minimum absolute atomic E-state index is 0.0390. The summed E-state index contributed by atoms with van der Waals surface area (Å²) in [5.41, 5.74) is 0. The van der Waals surface area contributed by atoms with Crippen LogP contribution in [0.5, 0.6) is 0 Å². The zero-order valence-corrected chi connectivity index (χ0v) is 11.4. The Hall–Kier alpha value is -0.650. The number of sulfonamides is 1. The lowest BCUT2D eigenvalue weighted by Crippen LogP contribution is -2.25. The number of rotatable bonds is 7. The SMILES string of the molecule is CCCCCCNS(=O)(=O)c1cnccc1Cl. The molecule has 1 N–H and O–H groups in total. The molecular weight excluding hydrogens is 260 g/mol.